The lowest BCUT2D eigenvalue weighted by Gasteiger charge is -2.24. The first kappa shape index (κ1) is 18.1. The molecule has 0 saturated heterocycles. The molecule has 0 bridgehead atoms. The molecule has 0 saturated carbocycles. The van der Waals surface area contributed by atoms with E-state index in [0.717, 1.165) is 0 Å². The van der Waals surface area contributed by atoms with Crippen LogP contribution in [0.4, 0.5) is 5.69 Å². The molecule has 1 aromatic rings. The van der Waals surface area contributed by atoms with E-state index in [1.165, 1.54) is 26.2 Å². The molecule has 1 amide bonds. The Kier molecular flexibility index (Phi) is 6.49. The summed E-state index contributed by atoms with van der Waals surface area (Å²) < 4.78 is 15.9. The molecule has 1 aromatic carbocycles. The van der Waals surface area contributed by atoms with Crippen LogP contribution in [0, 0.1) is 5.92 Å². The average molecular weight is 310 g/mol. The number of benzene rings is 1. The third-order valence-corrected chi connectivity index (χ3v) is 3.41. The first-order chi connectivity index (χ1) is 10.3. The van der Waals surface area contributed by atoms with Crippen molar-refractivity contribution >= 4 is 11.6 Å². The Morgan fingerprint density at radius 2 is 1.64 bits per heavy atom. The summed E-state index contributed by atoms with van der Waals surface area (Å²) in [7, 11) is 6.29. The lowest BCUT2D eigenvalue weighted by molar-refractivity contribution is -0.119. The first-order valence-corrected chi connectivity index (χ1v) is 7.18. The molecule has 1 rings (SSSR count). The van der Waals surface area contributed by atoms with E-state index in [9.17, 15) is 4.79 Å². The van der Waals surface area contributed by atoms with Crippen molar-refractivity contribution in [3.05, 3.63) is 12.1 Å². The van der Waals surface area contributed by atoms with E-state index in [0.29, 0.717) is 35.3 Å². The molecule has 0 heterocycles. The first-order valence-electron chi connectivity index (χ1n) is 7.18. The third kappa shape index (κ3) is 4.04. The van der Waals surface area contributed by atoms with Crippen LogP contribution in [0.3, 0.4) is 0 Å². The molecule has 0 fully saturated rings. The van der Waals surface area contributed by atoms with Crippen LogP contribution in [0.1, 0.15) is 20.3 Å². The van der Waals surface area contributed by atoms with Crippen molar-refractivity contribution in [3.63, 3.8) is 0 Å². The Morgan fingerprint density at radius 3 is 2.00 bits per heavy atom. The number of ether oxygens (including phenoxy) is 3. The molecule has 0 aliphatic heterocycles. The van der Waals surface area contributed by atoms with Gasteiger partial charge in [0.25, 0.3) is 0 Å². The van der Waals surface area contributed by atoms with Crippen LogP contribution in [0.15, 0.2) is 12.1 Å². The molecule has 0 aliphatic carbocycles. The van der Waals surface area contributed by atoms with Crippen molar-refractivity contribution in [2.45, 2.75) is 26.3 Å². The fraction of sp³-hybridized carbons (Fsp3) is 0.562. The standard InChI is InChI=1S/C16H26N2O4/c1-10(2)7-12(17)16(19)18(3)11-8-13(20-4)15(22-6)14(9-11)21-5/h8-10,12H,7,17H2,1-6H3/t12-/m0/s1. The van der Waals surface area contributed by atoms with Crippen LogP contribution in [-0.4, -0.2) is 40.3 Å². The normalized spacial score (nSPS) is 12.0. The van der Waals surface area contributed by atoms with Crippen LogP contribution in [0.25, 0.3) is 0 Å². The van der Waals surface area contributed by atoms with E-state index in [4.69, 9.17) is 19.9 Å². The number of likely N-dealkylation sites (N-methyl/N-ethyl adjacent to an activating group) is 1. The molecular formula is C16H26N2O4. The molecule has 0 radical (unpaired) electrons. The monoisotopic (exact) mass is 310 g/mol. The van der Waals surface area contributed by atoms with Crippen LogP contribution < -0.4 is 24.8 Å². The van der Waals surface area contributed by atoms with Gasteiger partial charge in [-0.05, 0) is 12.3 Å². The van der Waals surface area contributed by atoms with Gasteiger partial charge in [0.2, 0.25) is 11.7 Å². The number of nitrogens with zero attached hydrogens (tertiary/aromatic N) is 1. The molecule has 6 nitrogen and oxygen atoms in total. The van der Waals surface area contributed by atoms with Crippen LogP contribution >= 0.6 is 0 Å². The topological polar surface area (TPSA) is 74.0 Å². The van der Waals surface area contributed by atoms with Crippen molar-refractivity contribution in [1.29, 1.82) is 0 Å². The zero-order valence-corrected chi connectivity index (χ0v) is 14.2. The molecular weight excluding hydrogens is 284 g/mol. The lowest BCUT2D eigenvalue weighted by Crippen LogP contribution is -2.42. The zero-order chi connectivity index (χ0) is 16.9. The molecule has 124 valence electrons. The van der Waals surface area contributed by atoms with Crippen LogP contribution in [0.5, 0.6) is 17.2 Å². The van der Waals surface area contributed by atoms with Gasteiger partial charge in [-0.3, -0.25) is 4.79 Å². The summed E-state index contributed by atoms with van der Waals surface area (Å²) in [5.41, 5.74) is 6.61. The molecule has 2 N–H and O–H groups in total. The second kappa shape index (κ2) is 7.89. The fourth-order valence-electron chi connectivity index (χ4n) is 2.25. The summed E-state index contributed by atoms with van der Waals surface area (Å²) in [5.74, 6) is 1.68. The summed E-state index contributed by atoms with van der Waals surface area (Å²) >= 11 is 0. The van der Waals surface area contributed by atoms with Crippen molar-refractivity contribution in [3.8, 4) is 17.2 Å². The summed E-state index contributed by atoms with van der Waals surface area (Å²) in [5, 5.41) is 0. The number of rotatable bonds is 7. The second-order valence-corrected chi connectivity index (χ2v) is 5.52. The van der Waals surface area contributed by atoms with E-state index in [1.54, 1.807) is 19.2 Å². The lowest BCUT2D eigenvalue weighted by atomic mass is 10.0. The highest BCUT2D eigenvalue weighted by molar-refractivity contribution is 5.97. The number of carbonyl (C=O) groups excluding carboxylic acids is 1. The van der Waals surface area contributed by atoms with Gasteiger partial charge >= 0.3 is 0 Å². The molecule has 6 heteroatoms. The van der Waals surface area contributed by atoms with E-state index < -0.39 is 6.04 Å². The van der Waals surface area contributed by atoms with E-state index >= 15 is 0 Å². The molecule has 0 aromatic heterocycles. The molecule has 1 atom stereocenters. The van der Waals surface area contributed by atoms with E-state index in [2.05, 4.69) is 0 Å². The van der Waals surface area contributed by atoms with Crippen molar-refractivity contribution in [1.82, 2.24) is 0 Å². The predicted octanol–water partition coefficient (Wildman–Crippen LogP) is 2.05. The highest BCUT2D eigenvalue weighted by atomic mass is 16.5. The maximum Gasteiger partial charge on any atom is 0.243 e. The zero-order valence-electron chi connectivity index (χ0n) is 14.2. The average Bonchev–Trinajstić information content (AvgIpc) is 2.50. The van der Waals surface area contributed by atoms with Gasteiger partial charge in [-0.1, -0.05) is 13.8 Å². The fourth-order valence-corrected chi connectivity index (χ4v) is 2.25. The second-order valence-electron chi connectivity index (χ2n) is 5.52. The summed E-state index contributed by atoms with van der Waals surface area (Å²) in [6.45, 7) is 4.07. The van der Waals surface area contributed by atoms with Gasteiger partial charge in [0.05, 0.1) is 33.1 Å². The van der Waals surface area contributed by atoms with E-state index in [1.807, 2.05) is 13.8 Å². The Hall–Kier alpha value is -1.95. The molecule has 22 heavy (non-hydrogen) atoms. The quantitative estimate of drug-likeness (QED) is 0.834. The maximum atomic E-state index is 12.4. The smallest absolute Gasteiger partial charge is 0.243 e. The minimum absolute atomic E-state index is 0.150. The Labute approximate surface area is 132 Å². The van der Waals surface area contributed by atoms with Gasteiger partial charge in [-0.15, -0.1) is 0 Å². The largest absolute Gasteiger partial charge is 0.493 e. The van der Waals surface area contributed by atoms with Crippen LogP contribution in [-0.2, 0) is 4.79 Å². The molecule has 0 spiro atoms. The number of amides is 1. The predicted molar refractivity (Wildman–Crippen MR) is 86.9 cm³/mol. The minimum atomic E-state index is -0.538. The highest BCUT2D eigenvalue weighted by Gasteiger charge is 2.23. The number of methoxy groups -OCH3 is 3. The van der Waals surface area contributed by atoms with Gasteiger partial charge in [-0.2, -0.15) is 0 Å². The third-order valence-electron chi connectivity index (χ3n) is 3.41. The summed E-state index contributed by atoms with van der Waals surface area (Å²) in [6, 6.07) is 2.91. The van der Waals surface area contributed by atoms with Gasteiger partial charge in [0.1, 0.15) is 0 Å². The van der Waals surface area contributed by atoms with Crippen LogP contribution in [0.2, 0.25) is 0 Å². The van der Waals surface area contributed by atoms with Gasteiger partial charge < -0.3 is 24.8 Å². The Balaban J connectivity index is 3.12. The van der Waals surface area contributed by atoms with E-state index in [-0.39, 0.29) is 5.91 Å². The van der Waals surface area contributed by atoms with Crippen molar-refractivity contribution < 1.29 is 19.0 Å². The SMILES string of the molecule is COc1cc(N(C)C(=O)[C@@H](N)CC(C)C)cc(OC)c1OC. The van der Waals surface area contributed by atoms with Gasteiger partial charge in [0.15, 0.2) is 11.5 Å². The van der Waals surface area contributed by atoms with Crippen molar-refractivity contribution in [2.75, 3.05) is 33.3 Å². The Morgan fingerprint density at radius 1 is 1.14 bits per heavy atom. The summed E-state index contributed by atoms with van der Waals surface area (Å²) in [4.78, 5) is 13.9. The number of hydrogen-bond donors (Lipinski definition) is 1. The molecule has 0 unspecified atom stereocenters. The van der Waals surface area contributed by atoms with Gasteiger partial charge in [0, 0.05) is 19.2 Å². The Bertz CT molecular complexity index is 492. The number of carbonyl (C=O) groups is 1. The maximum absolute atomic E-state index is 12.4. The van der Waals surface area contributed by atoms with Gasteiger partial charge in [-0.25, -0.2) is 0 Å². The highest BCUT2D eigenvalue weighted by Crippen LogP contribution is 2.40. The summed E-state index contributed by atoms with van der Waals surface area (Å²) in [6.07, 6.45) is 0.633. The number of anilines is 1. The number of hydrogen-bond acceptors (Lipinski definition) is 5. The molecule has 0 aliphatic rings. The number of nitrogens with two attached hydrogens (primary N) is 1. The van der Waals surface area contributed by atoms with Crippen molar-refractivity contribution in [2.24, 2.45) is 11.7 Å². The minimum Gasteiger partial charge on any atom is -0.493 e.